The van der Waals surface area contributed by atoms with Gasteiger partial charge in [-0.05, 0) is 54.8 Å². The molecule has 0 aliphatic rings. The highest BCUT2D eigenvalue weighted by Gasteiger charge is 2.12. The van der Waals surface area contributed by atoms with Crippen LogP contribution in [-0.2, 0) is 13.3 Å². The minimum absolute atomic E-state index is 0.180. The van der Waals surface area contributed by atoms with E-state index in [0.29, 0.717) is 23.1 Å². The van der Waals surface area contributed by atoms with Crippen molar-refractivity contribution in [2.24, 2.45) is 0 Å². The van der Waals surface area contributed by atoms with Crippen LogP contribution in [0.4, 0.5) is 5.82 Å². The molecule has 1 amide bonds. The third-order valence-corrected chi connectivity index (χ3v) is 5.27. The maximum absolute atomic E-state index is 12.5. The Hall–Kier alpha value is -3.58. The normalized spacial score (nSPS) is 10.8. The van der Waals surface area contributed by atoms with Crippen molar-refractivity contribution in [1.29, 1.82) is 0 Å². The summed E-state index contributed by atoms with van der Waals surface area (Å²) >= 11 is 6.03. The SMILES string of the molecule is Cc1cc(OCn2ccc(C(=O)Nc3ccn(Cc4ccccc4C)n3)n2)ccc1Cl. The number of nitrogens with one attached hydrogen (secondary N) is 1. The number of amides is 1. The third kappa shape index (κ3) is 5.13. The van der Waals surface area contributed by atoms with Crippen molar-refractivity contribution < 1.29 is 9.53 Å². The molecule has 0 fully saturated rings. The molecule has 0 spiro atoms. The Morgan fingerprint density at radius 3 is 2.61 bits per heavy atom. The molecule has 4 aromatic rings. The van der Waals surface area contributed by atoms with Crippen LogP contribution in [0.1, 0.15) is 27.2 Å². The minimum Gasteiger partial charge on any atom is -0.471 e. The molecule has 2 aromatic heterocycles. The van der Waals surface area contributed by atoms with Crippen LogP contribution in [0.2, 0.25) is 5.02 Å². The van der Waals surface area contributed by atoms with Gasteiger partial charge in [0.05, 0.1) is 6.54 Å². The highest BCUT2D eigenvalue weighted by Crippen LogP contribution is 2.21. The zero-order chi connectivity index (χ0) is 21.8. The first kappa shape index (κ1) is 20.7. The Bertz CT molecular complexity index is 1210. The summed E-state index contributed by atoms with van der Waals surface area (Å²) in [6, 6.07) is 17.0. The lowest BCUT2D eigenvalue weighted by Gasteiger charge is -2.07. The summed E-state index contributed by atoms with van der Waals surface area (Å²) in [6.45, 7) is 4.79. The molecule has 0 saturated heterocycles. The molecule has 0 unspecified atom stereocenters. The highest BCUT2D eigenvalue weighted by molar-refractivity contribution is 6.31. The fourth-order valence-electron chi connectivity index (χ4n) is 3.06. The van der Waals surface area contributed by atoms with Crippen LogP contribution < -0.4 is 10.1 Å². The summed E-state index contributed by atoms with van der Waals surface area (Å²) in [5.74, 6) is 0.825. The molecule has 1 N–H and O–H groups in total. The number of aromatic nitrogens is 4. The zero-order valence-electron chi connectivity index (χ0n) is 17.2. The van der Waals surface area contributed by atoms with E-state index in [1.807, 2.05) is 31.3 Å². The number of ether oxygens (including phenoxy) is 1. The first-order valence-corrected chi connectivity index (χ1v) is 10.2. The second-order valence-electron chi connectivity index (χ2n) is 7.20. The summed E-state index contributed by atoms with van der Waals surface area (Å²) in [6.07, 6.45) is 3.52. The molecule has 7 nitrogen and oxygen atoms in total. The van der Waals surface area contributed by atoms with E-state index in [0.717, 1.165) is 5.56 Å². The van der Waals surface area contributed by atoms with Crippen LogP contribution in [0.3, 0.4) is 0 Å². The summed E-state index contributed by atoms with van der Waals surface area (Å²) in [5.41, 5.74) is 3.59. The van der Waals surface area contributed by atoms with E-state index in [1.54, 1.807) is 39.8 Å². The number of hydrogen-bond donors (Lipinski definition) is 1. The van der Waals surface area contributed by atoms with Gasteiger partial charge in [-0.15, -0.1) is 0 Å². The Morgan fingerprint density at radius 1 is 1.00 bits per heavy atom. The molecule has 31 heavy (non-hydrogen) atoms. The van der Waals surface area contributed by atoms with Crippen LogP contribution >= 0.6 is 11.6 Å². The quantitative estimate of drug-likeness (QED) is 0.457. The van der Waals surface area contributed by atoms with Crippen LogP contribution in [0.5, 0.6) is 5.75 Å². The van der Waals surface area contributed by atoms with Gasteiger partial charge in [-0.3, -0.25) is 9.48 Å². The second kappa shape index (κ2) is 9.06. The van der Waals surface area contributed by atoms with Crippen molar-refractivity contribution in [3.63, 3.8) is 0 Å². The number of aryl methyl sites for hydroxylation is 2. The predicted octanol–water partition coefficient (Wildman–Crippen LogP) is 4.69. The number of carbonyl (C=O) groups is 1. The number of hydrogen-bond acceptors (Lipinski definition) is 4. The highest BCUT2D eigenvalue weighted by atomic mass is 35.5. The molecule has 0 aliphatic heterocycles. The summed E-state index contributed by atoms with van der Waals surface area (Å²) < 4.78 is 9.04. The lowest BCUT2D eigenvalue weighted by Crippen LogP contribution is -2.15. The monoisotopic (exact) mass is 435 g/mol. The summed E-state index contributed by atoms with van der Waals surface area (Å²) in [4.78, 5) is 12.5. The fraction of sp³-hybridized carbons (Fsp3) is 0.174. The molecular formula is C23H22ClN5O2. The topological polar surface area (TPSA) is 74.0 Å². The molecule has 0 atom stereocenters. The predicted molar refractivity (Wildman–Crippen MR) is 120 cm³/mol. The van der Waals surface area contributed by atoms with Crippen LogP contribution in [0.25, 0.3) is 0 Å². The van der Waals surface area contributed by atoms with Gasteiger partial charge in [0.25, 0.3) is 5.91 Å². The van der Waals surface area contributed by atoms with Gasteiger partial charge < -0.3 is 10.1 Å². The van der Waals surface area contributed by atoms with E-state index >= 15 is 0 Å². The number of nitrogens with zero attached hydrogens (tertiary/aromatic N) is 4. The molecule has 0 radical (unpaired) electrons. The Labute approximate surface area is 185 Å². The van der Waals surface area contributed by atoms with E-state index in [2.05, 4.69) is 34.6 Å². The molecule has 2 aromatic carbocycles. The third-order valence-electron chi connectivity index (χ3n) is 4.84. The largest absolute Gasteiger partial charge is 0.471 e. The van der Waals surface area contributed by atoms with Gasteiger partial charge in [-0.25, -0.2) is 4.68 Å². The first-order valence-electron chi connectivity index (χ1n) is 9.79. The van der Waals surface area contributed by atoms with Gasteiger partial charge in [0.2, 0.25) is 0 Å². The fourth-order valence-corrected chi connectivity index (χ4v) is 3.18. The first-order chi connectivity index (χ1) is 15.0. The van der Waals surface area contributed by atoms with Gasteiger partial charge in [0, 0.05) is 23.5 Å². The molecule has 0 aliphatic carbocycles. The molecule has 2 heterocycles. The van der Waals surface area contributed by atoms with E-state index in [-0.39, 0.29) is 18.3 Å². The van der Waals surface area contributed by atoms with Crippen LogP contribution in [0.15, 0.2) is 67.0 Å². The van der Waals surface area contributed by atoms with E-state index in [1.165, 1.54) is 11.1 Å². The smallest absolute Gasteiger partial charge is 0.277 e. The molecule has 0 saturated carbocycles. The average Bonchev–Trinajstić information content (AvgIpc) is 3.40. The lowest BCUT2D eigenvalue weighted by atomic mass is 10.1. The number of halogens is 1. The van der Waals surface area contributed by atoms with Gasteiger partial charge in [-0.2, -0.15) is 10.2 Å². The summed E-state index contributed by atoms with van der Waals surface area (Å²) in [5, 5.41) is 12.2. The van der Waals surface area contributed by atoms with Crippen LogP contribution in [0, 0.1) is 13.8 Å². The summed E-state index contributed by atoms with van der Waals surface area (Å²) in [7, 11) is 0. The standard InChI is InChI=1S/C23H22ClN5O2/c1-16-5-3-4-6-18(16)14-28-12-10-22(27-28)25-23(30)21-9-11-29(26-21)15-31-19-7-8-20(24)17(2)13-19/h3-13H,14-15H2,1-2H3,(H,25,27,30). The van der Waals surface area contributed by atoms with E-state index < -0.39 is 0 Å². The maximum Gasteiger partial charge on any atom is 0.277 e. The van der Waals surface area contributed by atoms with E-state index in [9.17, 15) is 4.79 Å². The van der Waals surface area contributed by atoms with E-state index in [4.69, 9.17) is 16.3 Å². The molecule has 4 rings (SSSR count). The van der Waals surface area contributed by atoms with Gasteiger partial charge in [0.15, 0.2) is 18.2 Å². The minimum atomic E-state index is -0.331. The Morgan fingerprint density at radius 2 is 1.81 bits per heavy atom. The van der Waals surface area contributed by atoms with Gasteiger partial charge in [0.1, 0.15) is 5.75 Å². The van der Waals surface area contributed by atoms with Gasteiger partial charge >= 0.3 is 0 Å². The lowest BCUT2D eigenvalue weighted by molar-refractivity contribution is 0.101. The maximum atomic E-state index is 12.5. The van der Waals surface area contributed by atoms with Gasteiger partial charge in [-0.1, -0.05) is 35.9 Å². The van der Waals surface area contributed by atoms with Crippen molar-refractivity contribution in [3.05, 3.63) is 94.4 Å². The average molecular weight is 436 g/mol. The van der Waals surface area contributed by atoms with Crippen LogP contribution in [-0.4, -0.2) is 25.5 Å². The molecular weight excluding hydrogens is 414 g/mol. The number of anilines is 1. The zero-order valence-corrected chi connectivity index (χ0v) is 18.0. The molecule has 8 heteroatoms. The van der Waals surface area contributed by atoms with Crippen molar-refractivity contribution >= 4 is 23.3 Å². The molecule has 158 valence electrons. The number of benzene rings is 2. The van der Waals surface area contributed by atoms with Crippen molar-refractivity contribution in [1.82, 2.24) is 19.6 Å². The van der Waals surface area contributed by atoms with Crippen molar-refractivity contribution in [2.45, 2.75) is 27.1 Å². The Kier molecular flexibility index (Phi) is 6.04. The number of rotatable bonds is 7. The Balaban J connectivity index is 1.34. The molecule has 0 bridgehead atoms. The second-order valence-corrected chi connectivity index (χ2v) is 7.61. The number of carbonyl (C=O) groups excluding carboxylic acids is 1. The van der Waals surface area contributed by atoms with Crippen molar-refractivity contribution in [3.8, 4) is 5.75 Å². The van der Waals surface area contributed by atoms with Crippen molar-refractivity contribution in [2.75, 3.05) is 5.32 Å².